The lowest BCUT2D eigenvalue weighted by molar-refractivity contribution is -0.150. The molecule has 2 aliphatic carbocycles. The second kappa shape index (κ2) is 12.7. The van der Waals surface area contributed by atoms with Crippen molar-refractivity contribution in [1.82, 2.24) is 9.44 Å². The maximum Gasteiger partial charge on any atom is 0.511 e. The lowest BCUT2D eigenvalue weighted by Gasteiger charge is -2.30. The minimum Gasteiger partial charge on any atom is -0.481 e. The fourth-order valence-electron chi connectivity index (χ4n) is 3.90. The van der Waals surface area contributed by atoms with Gasteiger partial charge in [-0.15, -0.1) is 0 Å². The second-order valence-electron chi connectivity index (χ2n) is 8.22. The molecule has 0 aromatic heterocycles. The molecular weight excluding hydrogens is 550 g/mol. The summed E-state index contributed by atoms with van der Waals surface area (Å²) in [6.07, 6.45) is 3.11. The number of carbonyl (C=O) groups is 2. The number of nitrogens with one attached hydrogen (secondary N) is 2. The summed E-state index contributed by atoms with van der Waals surface area (Å²) in [7, 11) is -10.9. The van der Waals surface area contributed by atoms with E-state index >= 15 is 0 Å². The number of halogens is 6. The third-order valence-electron chi connectivity index (χ3n) is 5.66. The number of carboxylic acids is 1. The number of carboxylic acid groups (broad SMARTS) is 1. The molecule has 212 valence electrons. The average molecular weight is 579 g/mol. The number of ether oxygens (including phenoxy) is 1. The molecule has 2 saturated carbocycles. The van der Waals surface area contributed by atoms with E-state index in [4.69, 9.17) is 9.84 Å². The Kier molecular flexibility index (Phi) is 11.4. The van der Waals surface area contributed by atoms with Crippen LogP contribution in [-0.4, -0.2) is 63.6 Å². The molecule has 10 nitrogen and oxygen atoms in total. The Morgan fingerprint density at radius 3 is 1.50 bits per heavy atom. The van der Waals surface area contributed by atoms with Crippen molar-refractivity contribution in [2.75, 3.05) is 6.61 Å². The van der Waals surface area contributed by atoms with Gasteiger partial charge in [-0.1, -0.05) is 25.7 Å². The first kappa shape index (κ1) is 32.4. The fourth-order valence-corrected chi connectivity index (χ4v) is 5.53. The van der Waals surface area contributed by atoms with Crippen LogP contribution in [0.25, 0.3) is 0 Å². The Balaban J connectivity index is 0.000000362. The molecule has 0 unspecified atom stereocenters. The standard InChI is InChI=1S/C10H16F3NO4S.C8H12F3NO4S/c1-2-18-9(15)7-5-3-4-6-8(7)14-19(16,17)10(11,12)13;9-8(10,11)17(15,16)12-6-4-2-1-3-5(6)7(13)14/h7-8,14H,2-6H2,1H3;5-6,12H,1-4H2,(H,13,14)/t7-,8-;5-,6-/m11/s1. The number of aliphatic carboxylic acids is 1. The van der Waals surface area contributed by atoms with E-state index < -0.39 is 66.9 Å². The molecule has 3 N–H and O–H groups in total. The van der Waals surface area contributed by atoms with Crippen molar-refractivity contribution in [1.29, 1.82) is 0 Å². The zero-order valence-electron chi connectivity index (χ0n) is 19.1. The van der Waals surface area contributed by atoms with Crippen LogP contribution < -0.4 is 9.44 Å². The lowest BCUT2D eigenvalue weighted by atomic mass is 9.85. The van der Waals surface area contributed by atoms with Gasteiger partial charge >= 0.3 is 43.0 Å². The number of rotatable bonds is 7. The van der Waals surface area contributed by atoms with Gasteiger partial charge in [0.05, 0.1) is 18.4 Å². The van der Waals surface area contributed by atoms with Crippen molar-refractivity contribution in [3.05, 3.63) is 0 Å². The SMILES string of the molecule is CCOC(=O)[C@@H]1CCCC[C@H]1NS(=O)(=O)C(F)(F)F.O=C(O)[C@@H]1CCCC[C@H]1NS(=O)(=O)C(F)(F)F. The third kappa shape index (κ3) is 9.02. The highest BCUT2D eigenvalue weighted by molar-refractivity contribution is 7.90. The molecule has 0 aromatic carbocycles. The van der Waals surface area contributed by atoms with Crippen molar-refractivity contribution < 1.29 is 62.6 Å². The molecule has 2 aliphatic rings. The van der Waals surface area contributed by atoms with Crippen molar-refractivity contribution in [3.63, 3.8) is 0 Å². The summed E-state index contributed by atoms with van der Waals surface area (Å²) in [6.45, 7) is 1.68. The van der Waals surface area contributed by atoms with Gasteiger partial charge in [-0.25, -0.2) is 26.3 Å². The Morgan fingerprint density at radius 1 is 0.778 bits per heavy atom. The molecule has 2 rings (SSSR count). The molecular formula is C18H28F6N2O8S2. The largest absolute Gasteiger partial charge is 0.511 e. The van der Waals surface area contributed by atoms with Crippen LogP contribution in [0, 0.1) is 11.8 Å². The van der Waals surface area contributed by atoms with Gasteiger partial charge in [0.25, 0.3) is 0 Å². The van der Waals surface area contributed by atoms with Crippen LogP contribution in [0.1, 0.15) is 58.3 Å². The fraction of sp³-hybridized carbons (Fsp3) is 0.889. The molecule has 0 aliphatic heterocycles. The highest BCUT2D eigenvalue weighted by atomic mass is 32.2. The number of hydrogen-bond acceptors (Lipinski definition) is 7. The summed E-state index contributed by atoms with van der Waals surface area (Å²) in [5.41, 5.74) is -10.8. The lowest BCUT2D eigenvalue weighted by Crippen LogP contribution is -2.49. The Bertz CT molecular complexity index is 969. The van der Waals surface area contributed by atoms with Crippen molar-refractivity contribution in [2.24, 2.45) is 11.8 Å². The van der Waals surface area contributed by atoms with Gasteiger partial charge < -0.3 is 9.84 Å². The van der Waals surface area contributed by atoms with E-state index in [0.29, 0.717) is 32.1 Å². The van der Waals surface area contributed by atoms with E-state index in [1.54, 1.807) is 11.6 Å². The van der Waals surface area contributed by atoms with Crippen LogP contribution in [0.15, 0.2) is 0 Å². The Hall–Kier alpha value is -1.66. The maximum atomic E-state index is 12.3. The molecule has 0 saturated heterocycles. The highest BCUT2D eigenvalue weighted by Gasteiger charge is 2.49. The summed E-state index contributed by atoms with van der Waals surface area (Å²) < 4.78 is 125. The minimum absolute atomic E-state index is 0.103. The molecule has 18 heteroatoms. The van der Waals surface area contributed by atoms with Gasteiger partial charge in [-0.05, 0) is 32.6 Å². The quantitative estimate of drug-likeness (QED) is 0.308. The average Bonchev–Trinajstić information content (AvgIpc) is 2.73. The van der Waals surface area contributed by atoms with Crippen molar-refractivity contribution in [2.45, 2.75) is 81.4 Å². The monoisotopic (exact) mass is 578 g/mol. The molecule has 0 heterocycles. The zero-order valence-corrected chi connectivity index (χ0v) is 20.7. The van der Waals surface area contributed by atoms with Crippen LogP contribution in [0.2, 0.25) is 0 Å². The summed E-state index contributed by atoms with van der Waals surface area (Å²) in [5.74, 6) is -3.89. The first-order valence-corrected chi connectivity index (χ1v) is 13.9. The molecule has 0 radical (unpaired) electrons. The predicted octanol–water partition coefficient (Wildman–Crippen LogP) is 2.62. The van der Waals surface area contributed by atoms with Crippen LogP contribution in [0.4, 0.5) is 26.3 Å². The molecule has 2 fully saturated rings. The van der Waals surface area contributed by atoms with Crippen molar-refractivity contribution >= 4 is 32.0 Å². The summed E-state index contributed by atoms with van der Waals surface area (Å²) in [4.78, 5) is 22.4. The normalized spacial score (nSPS) is 25.9. The first-order chi connectivity index (χ1) is 16.3. The van der Waals surface area contributed by atoms with E-state index in [0.717, 1.165) is 0 Å². The number of esters is 1. The molecule has 0 amide bonds. The molecule has 4 atom stereocenters. The number of sulfonamides is 2. The van der Waals surface area contributed by atoms with Gasteiger partial charge in [-0.2, -0.15) is 26.3 Å². The second-order valence-corrected chi connectivity index (χ2v) is 11.6. The van der Waals surface area contributed by atoms with Crippen LogP contribution in [-0.2, 0) is 34.4 Å². The van der Waals surface area contributed by atoms with Crippen molar-refractivity contribution in [3.8, 4) is 0 Å². The highest BCUT2D eigenvalue weighted by Crippen LogP contribution is 2.30. The summed E-state index contributed by atoms with van der Waals surface area (Å²) in [6, 6.07) is -2.24. The van der Waals surface area contributed by atoms with E-state index in [2.05, 4.69) is 0 Å². The molecule has 0 aromatic rings. The minimum atomic E-state index is -5.48. The number of hydrogen-bond donors (Lipinski definition) is 3. The topological polar surface area (TPSA) is 156 Å². The van der Waals surface area contributed by atoms with Gasteiger partial charge in [0.15, 0.2) is 0 Å². The number of carbonyl (C=O) groups excluding carboxylic acids is 1. The maximum absolute atomic E-state index is 12.3. The van der Waals surface area contributed by atoms with Crippen LogP contribution in [0.3, 0.4) is 0 Å². The zero-order chi connectivity index (χ0) is 27.9. The van der Waals surface area contributed by atoms with Gasteiger partial charge in [0.1, 0.15) is 0 Å². The van der Waals surface area contributed by atoms with Gasteiger partial charge in [0.2, 0.25) is 0 Å². The van der Waals surface area contributed by atoms with E-state index in [1.165, 1.54) is 4.72 Å². The van der Waals surface area contributed by atoms with Crippen LogP contribution >= 0.6 is 0 Å². The van der Waals surface area contributed by atoms with Gasteiger partial charge in [0, 0.05) is 12.1 Å². The van der Waals surface area contributed by atoms with Crippen LogP contribution in [0.5, 0.6) is 0 Å². The Labute approximate surface area is 204 Å². The summed E-state index contributed by atoms with van der Waals surface area (Å²) in [5, 5.41) is 8.79. The smallest absolute Gasteiger partial charge is 0.481 e. The van der Waals surface area contributed by atoms with E-state index in [1.807, 2.05) is 0 Å². The summed E-state index contributed by atoms with van der Waals surface area (Å²) >= 11 is 0. The third-order valence-corrected chi connectivity index (χ3v) is 8.11. The number of alkyl halides is 6. The first-order valence-electron chi connectivity index (χ1n) is 10.9. The van der Waals surface area contributed by atoms with Gasteiger partial charge in [-0.3, -0.25) is 9.59 Å². The molecule has 0 bridgehead atoms. The molecule has 36 heavy (non-hydrogen) atoms. The van der Waals surface area contributed by atoms with E-state index in [9.17, 15) is 52.8 Å². The Morgan fingerprint density at radius 2 is 1.14 bits per heavy atom. The molecule has 0 spiro atoms. The predicted molar refractivity (Wildman–Crippen MR) is 112 cm³/mol. The van der Waals surface area contributed by atoms with E-state index in [-0.39, 0.29) is 25.9 Å².